The molecule has 1 aliphatic heterocycles. The van der Waals surface area contributed by atoms with Gasteiger partial charge < -0.3 is 9.84 Å². The van der Waals surface area contributed by atoms with Crippen LogP contribution in [0.5, 0.6) is 0 Å². The van der Waals surface area contributed by atoms with Crippen molar-refractivity contribution in [2.45, 2.75) is 37.1 Å². The topological polar surface area (TPSA) is 66.8 Å². The summed E-state index contributed by atoms with van der Waals surface area (Å²) in [6.45, 7) is 6.57. The molecule has 7 heteroatoms. The summed E-state index contributed by atoms with van der Waals surface area (Å²) < 4.78 is 32.5. The van der Waals surface area contributed by atoms with Crippen molar-refractivity contribution >= 4 is 21.4 Å². The summed E-state index contributed by atoms with van der Waals surface area (Å²) in [6, 6.07) is 1.64. The first kappa shape index (κ1) is 14.9. The number of ether oxygens (including phenoxy) is 1. The van der Waals surface area contributed by atoms with Crippen molar-refractivity contribution in [3.63, 3.8) is 0 Å². The molecule has 1 aromatic heterocycles. The number of hydrogen-bond donors (Lipinski definition) is 1. The third kappa shape index (κ3) is 2.71. The van der Waals surface area contributed by atoms with Crippen molar-refractivity contribution in [2.75, 3.05) is 19.8 Å². The molecule has 0 atom stereocenters. The van der Waals surface area contributed by atoms with E-state index in [4.69, 9.17) is 4.74 Å². The first-order valence-electron chi connectivity index (χ1n) is 6.10. The molecule has 0 spiro atoms. The van der Waals surface area contributed by atoms with E-state index in [0.717, 1.165) is 16.9 Å². The molecule has 0 aliphatic carbocycles. The quantitative estimate of drug-likeness (QED) is 0.915. The summed E-state index contributed by atoms with van der Waals surface area (Å²) in [7, 11) is -3.52. The van der Waals surface area contributed by atoms with Gasteiger partial charge in [-0.25, -0.2) is 8.42 Å². The maximum Gasteiger partial charge on any atom is 0.253 e. The predicted molar refractivity (Wildman–Crippen MR) is 73.8 cm³/mol. The molecular formula is C12H19NO4S2. The molecule has 0 aromatic carbocycles. The van der Waals surface area contributed by atoms with Crippen molar-refractivity contribution in [3.8, 4) is 0 Å². The fourth-order valence-electron chi connectivity index (χ4n) is 2.17. The van der Waals surface area contributed by atoms with Crippen molar-refractivity contribution in [1.29, 1.82) is 0 Å². The number of morpholine rings is 1. The van der Waals surface area contributed by atoms with Gasteiger partial charge in [0.25, 0.3) is 10.0 Å². The fraction of sp³-hybridized carbons (Fsp3) is 0.667. The highest BCUT2D eigenvalue weighted by Gasteiger charge is 2.40. The number of rotatable bonds is 3. The van der Waals surface area contributed by atoms with E-state index in [-0.39, 0.29) is 6.61 Å². The van der Waals surface area contributed by atoms with E-state index < -0.39 is 15.6 Å². The molecule has 19 heavy (non-hydrogen) atoms. The van der Waals surface area contributed by atoms with Crippen LogP contribution in [0.1, 0.15) is 24.3 Å². The zero-order valence-electron chi connectivity index (χ0n) is 11.3. The van der Waals surface area contributed by atoms with Gasteiger partial charge in [-0.2, -0.15) is 4.31 Å². The summed E-state index contributed by atoms with van der Waals surface area (Å²) in [4.78, 5) is 0.699. The van der Waals surface area contributed by atoms with E-state index in [9.17, 15) is 13.5 Å². The Morgan fingerprint density at radius 3 is 2.74 bits per heavy atom. The highest BCUT2D eigenvalue weighted by molar-refractivity contribution is 7.91. The van der Waals surface area contributed by atoms with Crippen LogP contribution in [0.15, 0.2) is 10.3 Å². The number of thiophene rings is 1. The summed E-state index contributed by atoms with van der Waals surface area (Å²) in [5, 5.41) is 9.19. The smallest absolute Gasteiger partial charge is 0.253 e. The highest BCUT2D eigenvalue weighted by atomic mass is 32.2. The lowest BCUT2D eigenvalue weighted by Gasteiger charge is -2.40. The van der Waals surface area contributed by atoms with Crippen LogP contribution in [-0.2, 0) is 21.4 Å². The van der Waals surface area contributed by atoms with E-state index in [0.29, 0.717) is 28.8 Å². The van der Waals surface area contributed by atoms with E-state index in [2.05, 4.69) is 0 Å². The van der Waals surface area contributed by atoms with Gasteiger partial charge in [0.05, 0.1) is 25.4 Å². The molecule has 5 nitrogen and oxygen atoms in total. The van der Waals surface area contributed by atoms with Gasteiger partial charge in [0.1, 0.15) is 4.21 Å². The van der Waals surface area contributed by atoms with E-state index in [1.54, 1.807) is 6.07 Å². The standard InChI is InChI=1S/C12H19NO4S2/c1-9-6-11(18-10(9)7-14)19(15,16)13-4-5-17-8-12(13,2)3/h6,14H,4-5,7-8H2,1-3H3. The first-order chi connectivity index (χ1) is 8.79. The second kappa shape index (κ2) is 5.14. The summed E-state index contributed by atoms with van der Waals surface area (Å²) in [5.74, 6) is 0. The molecule has 0 saturated carbocycles. The van der Waals surface area contributed by atoms with E-state index >= 15 is 0 Å². The average molecular weight is 305 g/mol. The monoisotopic (exact) mass is 305 g/mol. The summed E-state index contributed by atoms with van der Waals surface area (Å²) >= 11 is 1.14. The van der Waals surface area contributed by atoms with Crippen molar-refractivity contribution < 1.29 is 18.3 Å². The largest absolute Gasteiger partial charge is 0.391 e. The van der Waals surface area contributed by atoms with Crippen LogP contribution in [0.3, 0.4) is 0 Å². The normalized spacial score (nSPS) is 20.6. The van der Waals surface area contributed by atoms with Crippen LogP contribution in [0.2, 0.25) is 0 Å². The lowest BCUT2D eigenvalue weighted by molar-refractivity contribution is -0.00761. The number of aryl methyl sites for hydroxylation is 1. The lowest BCUT2D eigenvalue weighted by Crippen LogP contribution is -2.55. The molecule has 1 N–H and O–H groups in total. The molecule has 2 heterocycles. The van der Waals surface area contributed by atoms with Crippen molar-refractivity contribution in [2.24, 2.45) is 0 Å². The van der Waals surface area contributed by atoms with Gasteiger partial charge in [-0.15, -0.1) is 11.3 Å². The molecule has 0 amide bonds. The number of sulfonamides is 1. The van der Waals surface area contributed by atoms with Gasteiger partial charge in [0.2, 0.25) is 0 Å². The average Bonchev–Trinajstić information content (AvgIpc) is 2.70. The van der Waals surface area contributed by atoms with Crippen LogP contribution in [0, 0.1) is 6.92 Å². The van der Waals surface area contributed by atoms with Gasteiger partial charge >= 0.3 is 0 Å². The second-order valence-corrected chi connectivity index (χ2v) is 8.50. The van der Waals surface area contributed by atoms with Crippen LogP contribution in [0.4, 0.5) is 0 Å². The Hall–Kier alpha value is -0.470. The molecule has 1 aliphatic rings. The number of aliphatic hydroxyl groups excluding tert-OH is 1. The predicted octanol–water partition coefficient (Wildman–Crippen LogP) is 1.35. The highest BCUT2D eigenvalue weighted by Crippen LogP contribution is 2.33. The van der Waals surface area contributed by atoms with Crippen LogP contribution >= 0.6 is 11.3 Å². The van der Waals surface area contributed by atoms with Gasteiger partial charge in [0.15, 0.2) is 0 Å². The lowest BCUT2D eigenvalue weighted by atomic mass is 10.1. The Bertz CT molecular complexity index is 562. The van der Waals surface area contributed by atoms with E-state index in [1.807, 2.05) is 20.8 Å². The zero-order chi connectivity index (χ0) is 14.3. The molecule has 0 unspecified atom stereocenters. The maximum absolute atomic E-state index is 12.7. The van der Waals surface area contributed by atoms with E-state index in [1.165, 1.54) is 4.31 Å². The van der Waals surface area contributed by atoms with Crippen molar-refractivity contribution in [1.82, 2.24) is 4.31 Å². The Morgan fingerprint density at radius 1 is 1.53 bits per heavy atom. The van der Waals surface area contributed by atoms with Crippen LogP contribution in [0.25, 0.3) is 0 Å². The molecule has 2 rings (SSSR count). The minimum atomic E-state index is -3.52. The van der Waals surface area contributed by atoms with Crippen LogP contribution in [-0.4, -0.2) is 43.1 Å². The second-order valence-electron chi connectivity index (χ2n) is 5.27. The third-order valence-electron chi connectivity index (χ3n) is 3.26. The molecule has 0 radical (unpaired) electrons. The van der Waals surface area contributed by atoms with Gasteiger partial charge in [0, 0.05) is 11.4 Å². The Morgan fingerprint density at radius 2 is 2.21 bits per heavy atom. The summed E-state index contributed by atoms with van der Waals surface area (Å²) in [5.41, 5.74) is 0.270. The van der Waals surface area contributed by atoms with Crippen molar-refractivity contribution in [3.05, 3.63) is 16.5 Å². The molecular weight excluding hydrogens is 286 g/mol. The number of aliphatic hydroxyl groups is 1. The molecule has 1 aromatic rings. The van der Waals surface area contributed by atoms with Crippen LogP contribution < -0.4 is 0 Å². The first-order valence-corrected chi connectivity index (χ1v) is 8.35. The number of hydrogen-bond acceptors (Lipinski definition) is 5. The Labute approximate surface area is 117 Å². The minimum Gasteiger partial charge on any atom is -0.391 e. The minimum absolute atomic E-state index is 0.126. The maximum atomic E-state index is 12.7. The summed E-state index contributed by atoms with van der Waals surface area (Å²) in [6.07, 6.45) is 0. The molecule has 1 fully saturated rings. The molecule has 1 saturated heterocycles. The Balaban J connectivity index is 2.41. The third-order valence-corrected chi connectivity index (χ3v) is 7.04. The molecule has 0 bridgehead atoms. The molecule has 108 valence electrons. The van der Waals surface area contributed by atoms with Gasteiger partial charge in [-0.1, -0.05) is 0 Å². The zero-order valence-corrected chi connectivity index (χ0v) is 13.0. The fourth-order valence-corrected chi connectivity index (χ4v) is 5.49. The number of nitrogens with zero attached hydrogens (tertiary/aromatic N) is 1. The SMILES string of the molecule is Cc1cc(S(=O)(=O)N2CCOCC2(C)C)sc1CO. The Kier molecular flexibility index (Phi) is 4.04. The van der Waals surface area contributed by atoms with Gasteiger partial charge in [-0.3, -0.25) is 0 Å². The van der Waals surface area contributed by atoms with Gasteiger partial charge in [-0.05, 0) is 32.4 Å².